The van der Waals surface area contributed by atoms with Crippen LogP contribution < -0.4 is 21.2 Å². The lowest BCUT2D eigenvalue weighted by Crippen LogP contribution is -2.29. The second kappa shape index (κ2) is 10.6. The fraction of sp³-hybridized carbons (Fsp3) is 0. The van der Waals surface area contributed by atoms with Crippen molar-refractivity contribution in [1.29, 1.82) is 0 Å². The van der Waals surface area contributed by atoms with Gasteiger partial charge in [-0.15, -0.1) is 0 Å². The Labute approximate surface area is 195 Å². The largest absolute Gasteiger partial charge is 0.478 e. The molecule has 0 amide bonds. The van der Waals surface area contributed by atoms with E-state index in [1.165, 1.54) is 15.9 Å². The summed E-state index contributed by atoms with van der Waals surface area (Å²) in [6.07, 6.45) is 4.75. The molecule has 0 atom stereocenters. The van der Waals surface area contributed by atoms with Gasteiger partial charge in [0.1, 0.15) is 23.2 Å². The highest BCUT2D eigenvalue weighted by Crippen LogP contribution is 2.56. The van der Waals surface area contributed by atoms with Crippen molar-refractivity contribution in [1.82, 2.24) is 0 Å². The summed E-state index contributed by atoms with van der Waals surface area (Å²) in [6, 6.07) is 39.6. The summed E-state index contributed by atoms with van der Waals surface area (Å²) in [5.74, 6) is 1.34. The number of carbonyl (C=O) groups is 1. The summed E-state index contributed by atoms with van der Waals surface area (Å²) < 4.78 is 0. The van der Waals surface area contributed by atoms with Gasteiger partial charge in [-0.05, 0) is 60.2 Å². The summed E-state index contributed by atoms with van der Waals surface area (Å²) in [6.45, 7) is 0. The van der Waals surface area contributed by atoms with E-state index in [-0.39, 0.29) is 0 Å². The van der Waals surface area contributed by atoms with Crippen molar-refractivity contribution in [3.8, 4) is 0 Å². The SMILES string of the molecule is O=C(O)C=Cc1cccc(NC=C[P+](c2ccccc2)(c2ccccc2)c2ccccc2)c1. The summed E-state index contributed by atoms with van der Waals surface area (Å²) in [7, 11) is -2.06. The first-order valence-electron chi connectivity index (χ1n) is 10.7. The molecule has 4 aromatic rings. The van der Waals surface area contributed by atoms with Crippen molar-refractivity contribution in [2.45, 2.75) is 0 Å². The molecule has 0 aliphatic rings. The highest BCUT2D eigenvalue weighted by molar-refractivity contribution is 7.98. The van der Waals surface area contributed by atoms with E-state index in [0.717, 1.165) is 17.3 Å². The van der Waals surface area contributed by atoms with Crippen LogP contribution >= 0.6 is 7.26 Å². The molecule has 4 aromatic carbocycles. The number of carboxylic acid groups (broad SMARTS) is 1. The quantitative estimate of drug-likeness (QED) is 0.269. The van der Waals surface area contributed by atoms with Crippen LogP contribution in [-0.4, -0.2) is 11.1 Å². The average molecular weight is 450 g/mol. The van der Waals surface area contributed by atoms with Gasteiger partial charge in [0, 0.05) is 18.0 Å². The molecule has 0 saturated carbocycles. The molecule has 4 heteroatoms. The van der Waals surface area contributed by atoms with Crippen LogP contribution in [0.4, 0.5) is 5.69 Å². The maximum Gasteiger partial charge on any atom is 0.328 e. The number of aliphatic carboxylic acids is 1. The standard InChI is InChI=1S/C29H24NO2P/c31-29(32)20-19-24-11-10-12-25(23-24)30-21-22-33(26-13-4-1-5-14-26,27-15-6-2-7-16-27)28-17-8-3-9-18-28/h1-23,30H/p+1. The van der Waals surface area contributed by atoms with Crippen molar-refractivity contribution < 1.29 is 9.90 Å². The first-order valence-corrected chi connectivity index (χ1v) is 12.6. The smallest absolute Gasteiger partial charge is 0.328 e. The molecular weight excluding hydrogens is 425 g/mol. The molecule has 0 unspecified atom stereocenters. The Morgan fingerprint density at radius 3 is 1.70 bits per heavy atom. The Bertz CT molecular complexity index is 1160. The summed E-state index contributed by atoms with van der Waals surface area (Å²) in [5.41, 5.74) is 1.72. The predicted molar refractivity (Wildman–Crippen MR) is 141 cm³/mol. The zero-order valence-corrected chi connectivity index (χ0v) is 19.0. The van der Waals surface area contributed by atoms with Crippen LogP contribution in [0.1, 0.15) is 5.56 Å². The molecule has 4 rings (SSSR count). The minimum absolute atomic E-state index is 0.825. The van der Waals surface area contributed by atoms with Gasteiger partial charge in [0.2, 0.25) is 0 Å². The van der Waals surface area contributed by atoms with E-state index in [4.69, 9.17) is 5.11 Å². The van der Waals surface area contributed by atoms with E-state index in [0.29, 0.717) is 0 Å². The van der Waals surface area contributed by atoms with Crippen molar-refractivity contribution >= 4 is 40.9 Å². The number of benzene rings is 4. The van der Waals surface area contributed by atoms with E-state index < -0.39 is 13.2 Å². The molecule has 33 heavy (non-hydrogen) atoms. The van der Waals surface area contributed by atoms with E-state index in [1.807, 2.05) is 48.7 Å². The second-order valence-electron chi connectivity index (χ2n) is 7.49. The van der Waals surface area contributed by atoms with E-state index in [2.05, 4.69) is 83.9 Å². The topological polar surface area (TPSA) is 49.3 Å². The minimum Gasteiger partial charge on any atom is -0.478 e. The van der Waals surface area contributed by atoms with Crippen LogP contribution in [0.5, 0.6) is 0 Å². The maximum atomic E-state index is 10.8. The summed E-state index contributed by atoms with van der Waals surface area (Å²) >= 11 is 0. The Kier molecular flexibility index (Phi) is 7.14. The molecule has 3 nitrogen and oxygen atoms in total. The van der Waals surface area contributed by atoms with Gasteiger partial charge in [-0.2, -0.15) is 0 Å². The minimum atomic E-state index is -2.06. The number of carboxylic acids is 1. The van der Waals surface area contributed by atoms with Crippen LogP contribution in [0, 0.1) is 0 Å². The molecule has 2 N–H and O–H groups in total. The number of nitrogens with one attached hydrogen (secondary N) is 1. The molecule has 0 fully saturated rings. The van der Waals surface area contributed by atoms with Gasteiger partial charge in [-0.3, -0.25) is 0 Å². The normalized spacial score (nSPS) is 11.6. The molecule has 0 saturated heterocycles. The molecule has 0 spiro atoms. The lowest BCUT2D eigenvalue weighted by atomic mass is 10.2. The number of anilines is 1. The highest BCUT2D eigenvalue weighted by Gasteiger charge is 2.43. The Morgan fingerprint density at radius 1 is 0.697 bits per heavy atom. The molecule has 0 heterocycles. The predicted octanol–water partition coefficient (Wildman–Crippen LogP) is 5.66. The molecule has 0 bridgehead atoms. The zero-order chi connectivity index (χ0) is 22.9. The van der Waals surface area contributed by atoms with Gasteiger partial charge in [-0.25, -0.2) is 4.79 Å². The number of hydrogen-bond acceptors (Lipinski definition) is 2. The van der Waals surface area contributed by atoms with Gasteiger partial charge in [-0.1, -0.05) is 66.7 Å². The number of hydrogen-bond donors (Lipinski definition) is 2. The van der Waals surface area contributed by atoms with E-state index in [1.54, 1.807) is 6.08 Å². The second-order valence-corrected chi connectivity index (χ2v) is 10.8. The molecule has 0 aliphatic heterocycles. The van der Waals surface area contributed by atoms with Crippen LogP contribution in [0.2, 0.25) is 0 Å². The first kappa shape index (κ1) is 22.3. The molecular formula is C29H25NO2P+. The monoisotopic (exact) mass is 450 g/mol. The third kappa shape index (κ3) is 5.28. The van der Waals surface area contributed by atoms with Crippen molar-refractivity contribution in [3.05, 3.63) is 139 Å². The van der Waals surface area contributed by atoms with Gasteiger partial charge in [0.05, 0.1) is 5.82 Å². The van der Waals surface area contributed by atoms with Crippen LogP contribution in [0.15, 0.2) is 133 Å². The van der Waals surface area contributed by atoms with Gasteiger partial charge >= 0.3 is 5.97 Å². The highest BCUT2D eigenvalue weighted by atomic mass is 31.2. The fourth-order valence-electron chi connectivity index (χ4n) is 3.84. The zero-order valence-electron chi connectivity index (χ0n) is 18.1. The van der Waals surface area contributed by atoms with Gasteiger partial charge < -0.3 is 10.4 Å². The Balaban J connectivity index is 1.77. The Morgan fingerprint density at radius 2 is 1.21 bits per heavy atom. The fourth-order valence-corrected chi connectivity index (χ4v) is 7.48. The first-order chi connectivity index (χ1) is 16.2. The van der Waals surface area contributed by atoms with Gasteiger partial charge in [0.25, 0.3) is 0 Å². The maximum absolute atomic E-state index is 10.8. The Hall–Kier alpha value is -3.94. The third-order valence-corrected chi connectivity index (χ3v) is 9.28. The summed E-state index contributed by atoms with van der Waals surface area (Å²) in [4.78, 5) is 10.8. The lowest BCUT2D eigenvalue weighted by molar-refractivity contribution is -0.131. The van der Waals surface area contributed by atoms with Crippen molar-refractivity contribution in [3.63, 3.8) is 0 Å². The van der Waals surface area contributed by atoms with E-state index in [9.17, 15) is 4.79 Å². The summed E-state index contributed by atoms with van der Waals surface area (Å²) in [5, 5.41) is 16.1. The lowest BCUT2D eigenvalue weighted by Gasteiger charge is -2.24. The molecule has 162 valence electrons. The third-order valence-electron chi connectivity index (χ3n) is 5.34. The van der Waals surface area contributed by atoms with E-state index >= 15 is 0 Å². The molecule has 0 aliphatic carbocycles. The van der Waals surface area contributed by atoms with Crippen LogP contribution in [-0.2, 0) is 4.79 Å². The van der Waals surface area contributed by atoms with Crippen LogP contribution in [0.25, 0.3) is 6.08 Å². The average Bonchev–Trinajstić information content (AvgIpc) is 2.87. The van der Waals surface area contributed by atoms with Gasteiger partial charge in [0.15, 0.2) is 0 Å². The van der Waals surface area contributed by atoms with Crippen LogP contribution in [0.3, 0.4) is 0 Å². The molecule has 0 radical (unpaired) electrons. The van der Waals surface area contributed by atoms with Crippen molar-refractivity contribution in [2.75, 3.05) is 5.32 Å². The number of rotatable bonds is 8. The molecule has 0 aromatic heterocycles. The van der Waals surface area contributed by atoms with Crippen molar-refractivity contribution in [2.24, 2.45) is 0 Å².